The molecule has 2 rings (SSSR count). The van der Waals surface area contributed by atoms with Gasteiger partial charge in [-0.15, -0.1) is 0 Å². The van der Waals surface area contributed by atoms with E-state index in [1.807, 2.05) is 6.07 Å². The third kappa shape index (κ3) is 3.89. The lowest BCUT2D eigenvalue weighted by Gasteiger charge is -2.33. The van der Waals surface area contributed by atoms with E-state index in [9.17, 15) is 0 Å². The van der Waals surface area contributed by atoms with Gasteiger partial charge in [0.25, 0.3) is 0 Å². The molecular weight excluding hydrogens is 268 g/mol. The number of nitrogens with zero attached hydrogens (tertiary/aromatic N) is 1. The minimum atomic E-state index is 0.182. The summed E-state index contributed by atoms with van der Waals surface area (Å²) >= 11 is 6.25. The first kappa shape index (κ1) is 15.7. The summed E-state index contributed by atoms with van der Waals surface area (Å²) < 4.78 is 0. The van der Waals surface area contributed by atoms with Crippen LogP contribution in [0, 0.1) is 0 Å². The Bertz CT molecular complexity index is 431. The molecule has 0 aromatic heterocycles. The Balaban J connectivity index is 2.34. The van der Waals surface area contributed by atoms with Crippen molar-refractivity contribution in [2.45, 2.75) is 64.5 Å². The Morgan fingerprint density at radius 3 is 2.85 bits per heavy atom. The molecule has 1 saturated heterocycles. The lowest BCUT2D eigenvalue weighted by atomic mass is 10.0. The number of benzene rings is 1. The lowest BCUT2D eigenvalue weighted by Crippen LogP contribution is -2.35. The van der Waals surface area contributed by atoms with Crippen molar-refractivity contribution in [2.75, 3.05) is 11.4 Å². The number of nitrogens with two attached hydrogens (primary N) is 1. The highest BCUT2D eigenvalue weighted by molar-refractivity contribution is 6.30. The van der Waals surface area contributed by atoms with Crippen LogP contribution in [-0.2, 0) is 6.42 Å². The monoisotopic (exact) mass is 294 g/mol. The molecule has 0 bridgehead atoms. The Labute approximate surface area is 128 Å². The second-order valence-corrected chi connectivity index (χ2v) is 6.50. The largest absolute Gasteiger partial charge is 0.368 e. The van der Waals surface area contributed by atoms with Crippen LogP contribution in [-0.4, -0.2) is 18.6 Å². The van der Waals surface area contributed by atoms with Crippen LogP contribution in [0.25, 0.3) is 0 Å². The number of anilines is 1. The van der Waals surface area contributed by atoms with Gasteiger partial charge in [-0.1, -0.05) is 37.4 Å². The van der Waals surface area contributed by atoms with Crippen LogP contribution in [0.1, 0.15) is 51.5 Å². The third-order valence-corrected chi connectivity index (χ3v) is 4.48. The quantitative estimate of drug-likeness (QED) is 0.892. The Morgan fingerprint density at radius 2 is 2.15 bits per heavy atom. The van der Waals surface area contributed by atoms with Crippen LogP contribution in [0.3, 0.4) is 0 Å². The Morgan fingerprint density at radius 1 is 1.35 bits per heavy atom. The van der Waals surface area contributed by atoms with Crippen molar-refractivity contribution in [1.29, 1.82) is 0 Å². The number of hydrogen-bond acceptors (Lipinski definition) is 2. The van der Waals surface area contributed by atoms with Gasteiger partial charge in [0.2, 0.25) is 0 Å². The van der Waals surface area contributed by atoms with E-state index >= 15 is 0 Å². The topological polar surface area (TPSA) is 29.3 Å². The molecule has 1 aromatic carbocycles. The molecule has 0 radical (unpaired) electrons. The predicted molar refractivity (Wildman–Crippen MR) is 88.7 cm³/mol. The Kier molecular flexibility index (Phi) is 5.74. The highest BCUT2D eigenvalue weighted by Crippen LogP contribution is 2.31. The van der Waals surface area contributed by atoms with E-state index in [4.69, 9.17) is 17.3 Å². The van der Waals surface area contributed by atoms with E-state index < -0.39 is 0 Å². The summed E-state index contributed by atoms with van der Waals surface area (Å²) in [6.45, 7) is 5.50. The van der Waals surface area contributed by atoms with E-state index in [-0.39, 0.29) is 6.04 Å². The van der Waals surface area contributed by atoms with Gasteiger partial charge in [-0.05, 0) is 50.3 Å². The number of halogens is 1. The summed E-state index contributed by atoms with van der Waals surface area (Å²) in [6.07, 6.45) is 7.37. The van der Waals surface area contributed by atoms with E-state index in [1.54, 1.807) is 0 Å². The van der Waals surface area contributed by atoms with Gasteiger partial charge < -0.3 is 10.6 Å². The predicted octanol–water partition coefficient (Wildman–Crippen LogP) is 4.39. The van der Waals surface area contributed by atoms with Crippen LogP contribution >= 0.6 is 11.6 Å². The minimum absolute atomic E-state index is 0.182. The van der Waals surface area contributed by atoms with E-state index in [1.165, 1.54) is 43.4 Å². The van der Waals surface area contributed by atoms with Gasteiger partial charge in [-0.3, -0.25) is 0 Å². The molecule has 2 atom stereocenters. The van der Waals surface area contributed by atoms with Crippen LogP contribution in [0.5, 0.6) is 0 Å². The van der Waals surface area contributed by atoms with E-state index in [0.717, 1.165) is 18.0 Å². The lowest BCUT2D eigenvalue weighted by molar-refractivity contribution is 0.554. The van der Waals surface area contributed by atoms with Crippen molar-refractivity contribution in [3.63, 3.8) is 0 Å². The van der Waals surface area contributed by atoms with Gasteiger partial charge in [0.1, 0.15) is 0 Å². The van der Waals surface area contributed by atoms with Gasteiger partial charge >= 0.3 is 0 Å². The van der Waals surface area contributed by atoms with Gasteiger partial charge in [-0.2, -0.15) is 0 Å². The minimum Gasteiger partial charge on any atom is -0.368 e. The fraction of sp³-hybridized carbons (Fsp3) is 0.647. The van der Waals surface area contributed by atoms with Gasteiger partial charge in [0, 0.05) is 29.3 Å². The molecule has 1 fully saturated rings. The Hall–Kier alpha value is -0.730. The molecule has 1 aliphatic rings. The number of rotatable bonds is 4. The molecule has 20 heavy (non-hydrogen) atoms. The van der Waals surface area contributed by atoms with Crippen molar-refractivity contribution in [3.8, 4) is 0 Å². The summed E-state index contributed by atoms with van der Waals surface area (Å²) in [5.41, 5.74) is 8.65. The molecular formula is C17H27ClN2. The average Bonchev–Trinajstić information content (AvgIpc) is 2.65. The van der Waals surface area contributed by atoms with Crippen LogP contribution in [0.15, 0.2) is 18.2 Å². The fourth-order valence-corrected chi connectivity index (χ4v) is 3.41. The maximum atomic E-state index is 6.25. The van der Waals surface area contributed by atoms with Crippen LogP contribution < -0.4 is 10.6 Å². The first-order valence-electron chi connectivity index (χ1n) is 7.92. The zero-order valence-electron chi connectivity index (χ0n) is 12.7. The first-order chi connectivity index (χ1) is 9.61. The maximum absolute atomic E-state index is 6.25. The fourth-order valence-electron chi connectivity index (χ4n) is 3.24. The smallest absolute Gasteiger partial charge is 0.0426 e. The third-order valence-electron chi connectivity index (χ3n) is 4.25. The van der Waals surface area contributed by atoms with Crippen LogP contribution in [0.4, 0.5) is 5.69 Å². The molecule has 0 saturated carbocycles. The maximum Gasteiger partial charge on any atom is 0.0426 e. The van der Waals surface area contributed by atoms with E-state index in [0.29, 0.717) is 6.04 Å². The highest BCUT2D eigenvalue weighted by Gasteiger charge is 2.22. The molecule has 0 amide bonds. The summed E-state index contributed by atoms with van der Waals surface area (Å²) in [4.78, 5) is 2.58. The summed E-state index contributed by atoms with van der Waals surface area (Å²) in [6, 6.07) is 7.10. The molecule has 1 aliphatic heterocycles. The molecule has 0 spiro atoms. The first-order valence-corrected chi connectivity index (χ1v) is 8.30. The van der Waals surface area contributed by atoms with Crippen molar-refractivity contribution >= 4 is 17.3 Å². The van der Waals surface area contributed by atoms with Crippen molar-refractivity contribution in [3.05, 3.63) is 28.8 Å². The zero-order chi connectivity index (χ0) is 14.5. The second-order valence-electron chi connectivity index (χ2n) is 6.06. The van der Waals surface area contributed by atoms with Gasteiger partial charge in [0.05, 0.1) is 0 Å². The SMILES string of the molecule is CCC1CCCCCN1c1cc(Cl)ccc1CC(C)N. The molecule has 0 aliphatic carbocycles. The summed E-state index contributed by atoms with van der Waals surface area (Å²) in [5.74, 6) is 0. The molecule has 2 unspecified atom stereocenters. The summed E-state index contributed by atoms with van der Waals surface area (Å²) in [5, 5.41) is 0.826. The van der Waals surface area contributed by atoms with Crippen LogP contribution in [0.2, 0.25) is 5.02 Å². The average molecular weight is 295 g/mol. The van der Waals surface area contributed by atoms with Crippen molar-refractivity contribution in [1.82, 2.24) is 0 Å². The van der Waals surface area contributed by atoms with E-state index in [2.05, 4.69) is 30.9 Å². The van der Waals surface area contributed by atoms with Crippen molar-refractivity contribution < 1.29 is 0 Å². The zero-order valence-corrected chi connectivity index (χ0v) is 13.5. The normalized spacial score (nSPS) is 21.6. The highest BCUT2D eigenvalue weighted by atomic mass is 35.5. The second kappa shape index (κ2) is 7.33. The molecule has 2 nitrogen and oxygen atoms in total. The molecule has 112 valence electrons. The molecule has 2 N–H and O–H groups in total. The molecule has 3 heteroatoms. The standard InChI is InChI=1S/C17H27ClN2/c1-3-16-7-5-4-6-10-20(16)17-12-15(18)9-8-14(17)11-13(2)19/h8-9,12-13,16H,3-7,10-11,19H2,1-2H3. The number of hydrogen-bond donors (Lipinski definition) is 1. The molecule has 1 heterocycles. The summed E-state index contributed by atoms with van der Waals surface area (Å²) in [7, 11) is 0. The van der Waals surface area contributed by atoms with Gasteiger partial charge in [0.15, 0.2) is 0 Å². The van der Waals surface area contributed by atoms with Crippen molar-refractivity contribution in [2.24, 2.45) is 5.73 Å². The van der Waals surface area contributed by atoms with Gasteiger partial charge in [-0.25, -0.2) is 0 Å². The molecule has 1 aromatic rings.